The van der Waals surface area contributed by atoms with Crippen LogP contribution in [-0.2, 0) is 0 Å². The number of rotatable bonds is 2. The quantitative estimate of drug-likeness (QED) is 0.382. The second-order valence-corrected chi connectivity index (χ2v) is 6.77. The van der Waals surface area contributed by atoms with Gasteiger partial charge in [0.15, 0.2) is 0 Å². The Labute approximate surface area is 175 Å². The Morgan fingerprint density at radius 3 is 1.87 bits per heavy atom. The van der Waals surface area contributed by atoms with Crippen LogP contribution in [-0.4, -0.2) is 10.9 Å². The average Bonchev–Trinajstić information content (AvgIpc) is 2.81. The molecule has 4 rings (SSSR count). The molecule has 1 N–H and O–H groups in total. The molecule has 0 aliphatic carbocycles. The summed E-state index contributed by atoms with van der Waals surface area (Å²) >= 11 is 0. The molecule has 0 spiro atoms. The van der Waals surface area contributed by atoms with E-state index in [1.54, 1.807) is 6.07 Å². The van der Waals surface area contributed by atoms with Crippen molar-refractivity contribution in [3.63, 3.8) is 0 Å². The molecule has 0 saturated heterocycles. The van der Waals surface area contributed by atoms with E-state index >= 15 is 0 Å². The molecular formula is C28H18O2. The predicted octanol–water partition coefficient (Wildman–Crippen LogP) is 5.16. The number of carbonyl (C=O) groups is 1. The van der Waals surface area contributed by atoms with Gasteiger partial charge in [0.1, 0.15) is 6.10 Å². The molecular weight excluding hydrogens is 368 g/mol. The number of fused-ring (bicyclic) bond motifs is 1. The number of carbonyl (C=O) groups excluding carboxylic acids is 1. The molecule has 2 heteroatoms. The molecule has 0 amide bonds. The van der Waals surface area contributed by atoms with Gasteiger partial charge in [-0.3, -0.25) is 4.79 Å². The van der Waals surface area contributed by atoms with E-state index in [4.69, 9.17) is 0 Å². The maximum Gasteiger partial charge on any atom is 0.236 e. The Morgan fingerprint density at radius 2 is 1.23 bits per heavy atom. The molecule has 1 atom stereocenters. The summed E-state index contributed by atoms with van der Waals surface area (Å²) in [5.41, 5.74) is 2.39. The first-order chi connectivity index (χ1) is 14.7. The first-order valence-electron chi connectivity index (χ1n) is 9.59. The fraction of sp³-hybridized carbons (Fsp3) is 0.0357. The molecule has 0 aliphatic heterocycles. The minimum absolute atomic E-state index is 0.347. The Morgan fingerprint density at radius 1 is 0.700 bits per heavy atom. The smallest absolute Gasteiger partial charge is 0.236 e. The Hall–Kier alpha value is -4.11. The molecule has 1 unspecified atom stereocenters. The van der Waals surface area contributed by atoms with E-state index in [-0.39, 0.29) is 5.78 Å². The van der Waals surface area contributed by atoms with E-state index < -0.39 is 6.10 Å². The molecule has 0 bridgehead atoms. The van der Waals surface area contributed by atoms with Crippen LogP contribution in [0.15, 0.2) is 97.1 Å². The summed E-state index contributed by atoms with van der Waals surface area (Å²) in [5.74, 6) is 11.1. The summed E-state index contributed by atoms with van der Waals surface area (Å²) in [7, 11) is 0. The van der Waals surface area contributed by atoms with Crippen LogP contribution in [0.25, 0.3) is 10.8 Å². The second kappa shape index (κ2) is 8.93. The first kappa shape index (κ1) is 19.2. The van der Waals surface area contributed by atoms with Crippen molar-refractivity contribution in [3.8, 4) is 23.7 Å². The number of hydrogen-bond acceptors (Lipinski definition) is 2. The molecule has 142 valence electrons. The number of benzene rings is 4. The molecule has 0 saturated carbocycles. The highest BCUT2D eigenvalue weighted by molar-refractivity contribution is 6.12. The Balaban J connectivity index is 1.75. The van der Waals surface area contributed by atoms with Crippen LogP contribution in [0.5, 0.6) is 0 Å². The normalized spacial score (nSPS) is 11.0. The number of aliphatic hydroxyl groups is 1. The second-order valence-electron chi connectivity index (χ2n) is 6.77. The van der Waals surface area contributed by atoms with Crippen LogP contribution in [0.2, 0.25) is 0 Å². The summed E-state index contributed by atoms with van der Waals surface area (Å²) in [4.78, 5) is 12.9. The topological polar surface area (TPSA) is 37.3 Å². The SMILES string of the molecule is O=C(C#Cc1ccccc1)c1cc2ccccc2cc1C(O)C#Cc1ccccc1. The van der Waals surface area contributed by atoms with Crippen molar-refractivity contribution in [2.45, 2.75) is 6.10 Å². The van der Waals surface area contributed by atoms with Crippen molar-refractivity contribution in [3.05, 3.63) is 119 Å². The number of aliphatic hydroxyl groups excluding tert-OH is 1. The lowest BCUT2D eigenvalue weighted by atomic mass is 9.94. The third-order valence-electron chi connectivity index (χ3n) is 4.68. The van der Waals surface area contributed by atoms with Gasteiger partial charge in [-0.25, -0.2) is 0 Å². The highest BCUT2D eigenvalue weighted by atomic mass is 16.3. The van der Waals surface area contributed by atoms with Crippen LogP contribution in [0, 0.1) is 23.7 Å². The maximum atomic E-state index is 12.9. The molecule has 0 fully saturated rings. The van der Waals surface area contributed by atoms with Crippen molar-refractivity contribution < 1.29 is 9.90 Å². The van der Waals surface area contributed by atoms with Gasteiger partial charge in [-0.2, -0.15) is 0 Å². The van der Waals surface area contributed by atoms with Crippen molar-refractivity contribution >= 4 is 16.6 Å². The highest BCUT2D eigenvalue weighted by Gasteiger charge is 2.16. The van der Waals surface area contributed by atoms with Crippen molar-refractivity contribution in [1.29, 1.82) is 0 Å². The Kier molecular flexibility index (Phi) is 5.72. The minimum atomic E-state index is -1.10. The van der Waals surface area contributed by atoms with Gasteiger partial charge >= 0.3 is 0 Å². The fourth-order valence-electron chi connectivity index (χ4n) is 3.15. The number of ketones is 1. The lowest BCUT2D eigenvalue weighted by molar-refractivity contribution is 0.105. The van der Waals surface area contributed by atoms with Gasteiger partial charge in [-0.05, 0) is 53.1 Å². The van der Waals surface area contributed by atoms with Crippen molar-refractivity contribution in [2.24, 2.45) is 0 Å². The van der Waals surface area contributed by atoms with Crippen molar-refractivity contribution in [2.75, 3.05) is 0 Å². The van der Waals surface area contributed by atoms with Gasteiger partial charge in [0.05, 0.1) is 0 Å². The Bertz CT molecular complexity index is 1310. The monoisotopic (exact) mass is 386 g/mol. The first-order valence-corrected chi connectivity index (χ1v) is 9.59. The molecule has 2 nitrogen and oxygen atoms in total. The van der Waals surface area contributed by atoms with E-state index in [9.17, 15) is 9.90 Å². The molecule has 0 radical (unpaired) electrons. The van der Waals surface area contributed by atoms with Crippen molar-refractivity contribution in [1.82, 2.24) is 0 Å². The molecule has 0 heterocycles. The summed E-state index contributed by atoms with van der Waals surface area (Å²) < 4.78 is 0. The molecule has 0 aromatic heterocycles. The maximum absolute atomic E-state index is 12.9. The molecule has 4 aromatic rings. The van der Waals surface area contributed by atoms with E-state index in [2.05, 4.69) is 23.7 Å². The van der Waals surface area contributed by atoms with E-state index in [0.717, 1.165) is 21.9 Å². The zero-order chi connectivity index (χ0) is 20.8. The number of hydrogen-bond donors (Lipinski definition) is 1. The van der Waals surface area contributed by atoms with E-state index in [0.29, 0.717) is 11.1 Å². The van der Waals surface area contributed by atoms with Crippen LogP contribution >= 0.6 is 0 Å². The summed E-state index contributed by atoms with van der Waals surface area (Å²) in [6, 6.07) is 30.1. The number of Topliss-reactive ketones (excluding diaryl/α,β-unsaturated/α-hetero) is 1. The fourth-order valence-corrected chi connectivity index (χ4v) is 3.15. The largest absolute Gasteiger partial charge is 0.376 e. The van der Waals surface area contributed by atoms with Gasteiger partial charge in [0, 0.05) is 22.3 Å². The van der Waals surface area contributed by atoms with E-state index in [1.807, 2.05) is 91.0 Å². The van der Waals surface area contributed by atoms with Crippen LogP contribution in [0.1, 0.15) is 33.2 Å². The zero-order valence-corrected chi connectivity index (χ0v) is 16.2. The van der Waals surface area contributed by atoms with Crippen LogP contribution in [0.3, 0.4) is 0 Å². The van der Waals surface area contributed by atoms with Gasteiger partial charge in [0.2, 0.25) is 5.78 Å². The van der Waals surface area contributed by atoms with Crippen LogP contribution in [0.4, 0.5) is 0 Å². The van der Waals surface area contributed by atoms with Gasteiger partial charge < -0.3 is 5.11 Å². The summed E-state index contributed by atoms with van der Waals surface area (Å²) in [6.07, 6.45) is -1.10. The van der Waals surface area contributed by atoms with Crippen LogP contribution < -0.4 is 0 Å². The standard InChI is InChI=1S/C28H18O2/c29-27(17-15-21-9-3-1-4-10-21)25-19-23-13-7-8-14-24(23)20-26(25)28(30)18-16-22-11-5-2-6-12-22/h1-14,19-20,27,29H. The van der Waals surface area contributed by atoms with Gasteiger partial charge in [-0.15, -0.1) is 0 Å². The minimum Gasteiger partial charge on any atom is -0.376 e. The zero-order valence-electron chi connectivity index (χ0n) is 16.2. The van der Waals surface area contributed by atoms with Gasteiger partial charge in [-0.1, -0.05) is 78.4 Å². The lowest BCUT2D eigenvalue weighted by Gasteiger charge is -2.11. The molecule has 0 aliphatic rings. The third kappa shape index (κ3) is 4.47. The summed E-state index contributed by atoms with van der Waals surface area (Å²) in [5, 5.41) is 12.6. The van der Waals surface area contributed by atoms with E-state index in [1.165, 1.54) is 0 Å². The highest BCUT2D eigenvalue weighted by Crippen LogP contribution is 2.25. The lowest BCUT2D eigenvalue weighted by Crippen LogP contribution is -2.06. The van der Waals surface area contributed by atoms with Gasteiger partial charge in [0.25, 0.3) is 0 Å². The molecule has 4 aromatic carbocycles. The third-order valence-corrected chi connectivity index (χ3v) is 4.68. The summed E-state index contributed by atoms with van der Waals surface area (Å²) in [6.45, 7) is 0. The molecule has 30 heavy (non-hydrogen) atoms. The predicted molar refractivity (Wildman–Crippen MR) is 120 cm³/mol. The average molecular weight is 386 g/mol.